The van der Waals surface area contributed by atoms with Gasteiger partial charge in [0.05, 0.1) is 19.8 Å². The lowest BCUT2D eigenvalue weighted by atomic mass is 9.99. The molecule has 0 N–H and O–H groups in total. The number of benzene rings is 1. The molecule has 1 rings (SSSR count). The highest BCUT2D eigenvalue weighted by Crippen LogP contribution is 2.37. The molecule has 0 saturated carbocycles. The van der Waals surface area contributed by atoms with E-state index in [1.54, 1.807) is 13.2 Å². The summed E-state index contributed by atoms with van der Waals surface area (Å²) in [4.78, 5) is 10.8. The quantitative estimate of drug-likeness (QED) is 0.713. The van der Waals surface area contributed by atoms with Gasteiger partial charge in [-0.05, 0) is 12.0 Å². The molecule has 0 atom stereocenters. The molecule has 1 aromatic rings. The van der Waals surface area contributed by atoms with E-state index in [0.717, 1.165) is 11.8 Å². The van der Waals surface area contributed by atoms with Crippen LogP contribution in [0.15, 0.2) is 12.1 Å². The Kier molecular flexibility index (Phi) is 3.72. The summed E-state index contributed by atoms with van der Waals surface area (Å²) in [6.45, 7) is 4.13. The fourth-order valence-corrected chi connectivity index (χ4v) is 1.56. The van der Waals surface area contributed by atoms with Crippen molar-refractivity contribution in [2.75, 3.05) is 14.2 Å². The Morgan fingerprint density at radius 2 is 1.73 bits per heavy atom. The summed E-state index contributed by atoms with van der Waals surface area (Å²) in [5, 5.41) is 0. The van der Waals surface area contributed by atoms with Crippen LogP contribution in [0.4, 0.5) is 0 Å². The molecule has 0 aliphatic heterocycles. The molecule has 0 amide bonds. The molecule has 82 valence electrons. The van der Waals surface area contributed by atoms with Crippen molar-refractivity contribution in [3.63, 3.8) is 0 Å². The van der Waals surface area contributed by atoms with Crippen molar-refractivity contribution in [2.24, 2.45) is 0 Å². The third-order valence-electron chi connectivity index (χ3n) is 2.33. The van der Waals surface area contributed by atoms with E-state index in [9.17, 15) is 4.79 Å². The summed E-state index contributed by atoms with van der Waals surface area (Å²) >= 11 is 0. The standard InChI is InChI=1S/C12H16O3/c1-8(2)10-6-5-9(7-13)11(14-3)12(10)15-4/h5-8H,1-4H3. The predicted molar refractivity (Wildman–Crippen MR) is 59.0 cm³/mol. The van der Waals surface area contributed by atoms with Crippen molar-refractivity contribution in [1.29, 1.82) is 0 Å². The third-order valence-corrected chi connectivity index (χ3v) is 2.33. The van der Waals surface area contributed by atoms with E-state index in [0.29, 0.717) is 23.0 Å². The smallest absolute Gasteiger partial charge is 0.171 e. The van der Waals surface area contributed by atoms with Gasteiger partial charge in [0.1, 0.15) is 0 Å². The second kappa shape index (κ2) is 4.82. The van der Waals surface area contributed by atoms with Crippen LogP contribution in [-0.4, -0.2) is 20.5 Å². The molecule has 0 saturated heterocycles. The van der Waals surface area contributed by atoms with Crippen LogP contribution in [0.5, 0.6) is 11.5 Å². The number of ether oxygens (including phenoxy) is 2. The summed E-state index contributed by atoms with van der Waals surface area (Å²) in [6.07, 6.45) is 0.769. The van der Waals surface area contributed by atoms with Crippen LogP contribution in [0.3, 0.4) is 0 Å². The SMILES string of the molecule is COc1c(C=O)ccc(C(C)C)c1OC. The molecule has 0 spiro atoms. The van der Waals surface area contributed by atoms with Crippen LogP contribution < -0.4 is 9.47 Å². The molecular formula is C12H16O3. The highest BCUT2D eigenvalue weighted by molar-refractivity contribution is 5.82. The van der Waals surface area contributed by atoms with E-state index in [-0.39, 0.29) is 0 Å². The van der Waals surface area contributed by atoms with Crippen molar-refractivity contribution in [2.45, 2.75) is 19.8 Å². The topological polar surface area (TPSA) is 35.5 Å². The highest BCUT2D eigenvalue weighted by Gasteiger charge is 2.16. The van der Waals surface area contributed by atoms with Crippen molar-refractivity contribution in [3.8, 4) is 11.5 Å². The summed E-state index contributed by atoms with van der Waals surface area (Å²) in [6, 6.07) is 3.65. The first-order valence-electron chi connectivity index (χ1n) is 4.85. The number of hydrogen-bond acceptors (Lipinski definition) is 3. The first-order chi connectivity index (χ1) is 7.15. The second-order valence-corrected chi connectivity index (χ2v) is 3.58. The van der Waals surface area contributed by atoms with Gasteiger partial charge >= 0.3 is 0 Å². The molecule has 0 aliphatic rings. The third kappa shape index (κ3) is 2.12. The van der Waals surface area contributed by atoms with Crippen molar-refractivity contribution >= 4 is 6.29 Å². The lowest BCUT2D eigenvalue weighted by Crippen LogP contribution is -2.00. The summed E-state index contributed by atoms with van der Waals surface area (Å²) in [7, 11) is 3.12. The molecule has 3 nitrogen and oxygen atoms in total. The van der Waals surface area contributed by atoms with Gasteiger partial charge in [-0.1, -0.05) is 19.9 Å². The number of aldehydes is 1. The molecule has 0 unspecified atom stereocenters. The van der Waals surface area contributed by atoms with Gasteiger partial charge < -0.3 is 9.47 Å². The molecule has 0 radical (unpaired) electrons. The van der Waals surface area contributed by atoms with Crippen molar-refractivity contribution in [3.05, 3.63) is 23.3 Å². The Bertz CT molecular complexity index is 356. The minimum absolute atomic E-state index is 0.328. The van der Waals surface area contributed by atoms with E-state index in [1.807, 2.05) is 6.07 Å². The minimum Gasteiger partial charge on any atom is -0.493 e. The van der Waals surface area contributed by atoms with Crippen LogP contribution >= 0.6 is 0 Å². The first kappa shape index (κ1) is 11.6. The zero-order valence-corrected chi connectivity index (χ0v) is 9.53. The number of carbonyl (C=O) groups is 1. The Balaban J connectivity index is 3.40. The molecular weight excluding hydrogens is 192 g/mol. The van der Waals surface area contributed by atoms with Crippen LogP contribution in [0.2, 0.25) is 0 Å². The molecule has 0 heterocycles. The van der Waals surface area contributed by atoms with Gasteiger partial charge in [-0.3, -0.25) is 4.79 Å². The molecule has 1 aromatic carbocycles. The lowest BCUT2D eigenvalue weighted by Gasteiger charge is -2.16. The van der Waals surface area contributed by atoms with E-state index in [1.165, 1.54) is 7.11 Å². The number of carbonyl (C=O) groups excluding carboxylic acids is 1. The second-order valence-electron chi connectivity index (χ2n) is 3.58. The van der Waals surface area contributed by atoms with E-state index in [2.05, 4.69) is 13.8 Å². The van der Waals surface area contributed by atoms with Gasteiger partial charge in [0, 0.05) is 5.56 Å². The van der Waals surface area contributed by atoms with Crippen molar-refractivity contribution in [1.82, 2.24) is 0 Å². The van der Waals surface area contributed by atoms with Gasteiger partial charge in [0.25, 0.3) is 0 Å². The van der Waals surface area contributed by atoms with Gasteiger partial charge in [0.2, 0.25) is 0 Å². The summed E-state index contributed by atoms with van der Waals surface area (Å²) < 4.78 is 10.5. The monoisotopic (exact) mass is 208 g/mol. The Morgan fingerprint density at radius 3 is 2.13 bits per heavy atom. The lowest BCUT2D eigenvalue weighted by molar-refractivity contribution is 0.112. The van der Waals surface area contributed by atoms with E-state index >= 15 is 0 Å². The van der Waals surface area contributed by atoms with Crippen LogP contribution in [0, 0.1) is 0 Å². The Hall–Kier alpha value is -1.51. The van der Waals surface area contributed by atoms with Crippen LogP contribution in [-0.2, 0) is 0 Å². The normalized spacial score (nSPS) is 10.2. The molecule has 0 aliphatic carbocycles. The maximum absolute atomic E-state index is 10.8. The summed E-state index contributed by atoms with van der Waals surface area (Å²) in [5.41, 5.74) is 1.55. The molecule has 0 fully saturated rings. The van der Waals surface area contributed by atoms with E-state index < -0.39 is 0 Å². The fourth-order valence-electron chi connectivity index (χ4n) is 1.56. The van der Waals surface area contributed by atoms with Gasteiger partial charge in [0.15, 0.2) is 17.8 Å². The van der Waals surface area contributed by atoms with Gasteiger partial charge in [-0.15, -0.1) is 0 Å². The Morgan fingerprint density at radius 1 is 1.13 bits per heavy atom. The van der Waals surface area contributed by atoms with E-state index in [4.69, 9.17) is 9.47 Å². The maximum atomic E-state index is 10.8. The average Bonchev–Trinajstić information content (AvgIpc) is 2.26. The highest BCUT2D eigenvalue weighted by atomic mass is 16.5. The summed E-state index contributed by atoms with van der Waals surface area (Å²) in [5.74, 6) is 1.49. The predicted octanol–water partition coefficient (Wildman–Crippen LogP) is 2.64. The zero-order chi connectivity index (χ0) is 11.4. The Labute approximate surface area is 90.0 Å². The van der Waals surface area contributed by atoms with Crippen molar-refractivity contribution < 1.29 is 14.3 Å². The largest absolute Gasteiger partial charge is 0.493 e. The first-order valence-corrected chi connectivity index (χ1v) is 4.85. The molecule has 0 aromatic heterocycles. The van der Waals surface area contributed by atoms with Gasteiger partial charge in [-0.25, -0.2) is 0 Å². The van der Waals surface area contributed by atoms with Gasteiger partial charge in [-0.2, -0.15) is 0 Å². The fraction of sp³-hybridized carbons (Fsp3) is 0.417. The average molecular weight is 208 g/mol. The maximum Gasteiger partial charge on any atom is 0.171 e. The molecule has 0 bridgehead atoms. The minimum atomic E-state index is 0.328. The van der Waals surface area contributed by atoms with Crippen LogP contribution in [0.25, 0.3) is 0 Å². The van der Waals surface area contributed by atoms with Crippen LogP contribution in [0.1, 0.15) is 35.7 Å². The molecule has 15 heavy (non-hydrogen) atoms. The zero-order valence-electron chi connectivity index (χ0n) is 9.53. The molecule has 3 heteroatoms. The number of hydrogen-bond donors (Lipinski definition) is 0. The number of rotatable bonds is 4. The number of methoxy groups -OCH3 is 2.